The molecule has 1 amide bonds. The van der Waals surface area contributed by atoms with Crippen molar-refractivity contribution >= 4 is 5.91 Å². The first-order chi connectivity index (χ1) is 12.0. The number of aromatic nitrogens is 2. The normalized spacial score (nSPS) is 34.1. The van der Waals surface area contributed by atoms with Crippen molar-refractivity contribution in [3.8, 4) is 0 Å². The van der Waals surface area contributed by atoms with Crippen molar-refractivity contribution in [1.29, 1.82) is 0 Å². The summed E-state index contributed by atoms with van der Waals surface area (Å²) in [6.45, 7) is 1.98. The highest BCUT2D eigenvalue weighted by Crippen LogP contribution is 2.59. The quantitative estimate of drug-likeness (QED) is 0.757. The molecular formula is C19H27N3O3. The molecule has 3 N–H and O–H groups in total. The van der Waals surface area contributed by atoms with E-state index in [0.29, 0.717) is 6.42 Å². The summed E-state index contributed by atoms with van der Waals surface area (Å²) in [7, 11) is 0. The van der Waals surface area contributed by atoms with E-state index in [1.807, 2.05) is 6.92 Å². The first-order valence-electron chi connectivity index (χ1n) is 9.55. The topological polar surface area (TPSA) is 95.1 Å². The average molecular weight is 345 g/mol. The molecule has 4 saturated carbocycles. The van der Waals surface area contributed by atoms with E-state index in [4.69, 9.17) is 0 Å². The van der Waals surface area contributed by atoms with Crippen molar-refractivity contribution in [3.05, 3.63) is 27.9 Å². The summed E-state index contributed by atoms with van der Waals surface area (Å²) in [6, 6.07) is 0. The van der Waals surface area contributed by atoms with Gasteiger partial charge in [0.15, 0.2) is 0 Å². The van der Waals surface area contributed by atoms with E-state index in [9.17, 15) is 14.7 Å². The van der Waals surface area contributed by atoms with E-state index in [1.54, 1.807) is 0 Å². The Balaban J connectivity index is 1.54. The second-order valence-corrected chi connectivity index (χ2v) is 8.44. The SMILES string of the molecule is CCC(O)CNC(=O)c1cnc(C23CC4CC(CC(C4)C2)C3)[nH]c1=O. The lowest BCUT2D eigenvalue weighted by Crippen LogP contribution is -2.50. The first kappa shape index (κ1) is 16.8. The molecule has 4 aliphatic carbocycles. The molecule has 0 radical (unpaired) electrons. The minimum absolute atomic E-state index is 0.0152. The second kappa shape index (κ2) is 6.24. The van der Waals surface area contributed by atoms with E-state index in [2.05, 4.69) is 15.3 Å². The van der Waals surface area contributed by atoms with Crippen molar-refractivity contribution in [3.63, 3.8) is 0 Å². The zero-order chi connectivity index (χ0) is 17.6. The van der Waals surface area contributed by atoms with Gasteiger partial charge in [-0.05, 0) is 62.7 Å². The second-order valence-electron chi connectivity index (χ2n) is 8.44. The van der Waals surface area contributed by atoms with Gasteiger partial charge in [0.25, 0.3) is 11.5 Å². The summed E-state index contributed by atoms with van der Waals surface area (Å²) in [4.78, 5) is 32.1. The largest absolute Gasteiger partial charge is 0.391 e. The van der Waals surface area contributed by atoms with Crippen LogP contribution < -0.4 is 10.9 Å². The number of amides is 1. The molecule has 0 aromatic carbocycles. The minimum atomic E-state index is -0.595. The maximum absolute atomic E-state index is 12.5. The van der Waals surface area contributed by atoms with Crippen LogP contribution in [-0.4, -0.2) is 33.6 Å². The summed E-state index contributed by atoms with van der Waals surface area (Å²) < 4.78 is 0. The van der Waals surface area contributed by atoms with Gasteiger partial charge in [0.05, 0.1) is 6.10 Å². The fraction of sp³-hybridized carbons (Fsp3) is 0.737. The molecule has 4 fully saturated rings. The Kier molecular flexibility index (Phi) is 4.18. The molecule has 6 nitrogen and oxygen atoms in total. The number of nitrogens with one attached hydrogen (secondary N) is 2. The predicted octanol–water partition coefficient (Wildman–Crippen LogP) is 1.74. The first-order valence-corrected chi connectivity index (χ1v) is 9.55. The molecule has 6 heteroatoms. The van der Waals surface area contributed by atoms with E-state index < -0.39 is 12.0 Å². The number of hydrogen-bond donors (Lipinski definition) is 3. The fourth-order valence-corrected chi connectivity index (χ4v) is 5.68. The number of aliphatic hydroxyl groups excluding tert-OH is 1. The van der Waals surface area contributed by atoms with Crippen LogP contribution in [0.2, 0.25) is 0 Å². The number of nitrogens with zero attached hydrogens (tertiary/aromatic N) is 1. The van der Waals surface area contributed by atoms with Gasteiger partial charge in [-0.1, -0.05) is 6.92 Å². The third kappa shape index (κ3) is 3.01. The van der Waals surface area contributed by atoms with Crippen LogP contribution in [0.3, 0.4) is 0 Å². The predicted molar refractivity (Wildman–Crippen MR) is 93.3 cm³/mol. The van der Waals surface area contributed by atoms with E-state index in [0.717, 1.165) is 42.8 Å². The lowest BCUT2D eigenvalue weighted by Gasteiger charge is -2.56. The molecule has 1 unspecified atom stereocenters. The number of H-pyrrole nitrogens is 1. The van der Waals surface area contributed by atoms with Gasteiger partial charge in [-0.2, -0.15) is 0 Å². The van der Waals surface area contributed by atoms with Gasteiger partial charge in [-0.25, -0.2) is 4.98 Å². The Morgan fingerprint density at radius 2 is 1.92 bits per heavy atom. The average Bonchev–Trinajstić information content (AvgIpc) is 2.58. The molecule has 136 valence electrons. The molecule has 1 heterocycles. The maximum Gasteiger partial charge on any atom is 0.263 e. The van der Waals surface area contributed by atoms with Gasteiger partial charge in [0, 0.05) is 18.2 Å². The summed E-state index contributed by atoms with van der Waals surface area (Å²) in [5.41, 5.74) is -0.331. The number of rotatable bonds is 5. The third-order valence-corrected chi connectivity index (χ3v) is 6.55. The van der Waals surface area contributed by atoms with Crippen LogP contribution in [0, 0.1) is 17.8 Å². The minimum Gasteiger partial charge on any atom is -0.391 e. The maximum atomic E-state index is 12.5. The van der Waals surface area contributed by atoms with Crippen LogP contribution in [0.25, 0.3) is 0 Å². The summed E-state index contributed by atoms with van der Waals surface area (Å²) >= 11 is 0. The highest BCUT2D eigenvalue weighted by Gasteiger charge is 2.52. The highest BCUT2D eigenvalue weighted by atomic mass is 16.3. The van der Waals surface area contributed by atoms with Crippen LogP contribution in [0.4, 0.5) is 0 Å². The van der Waals surface area contributed by atoms with Gasteiger partial charge >= 0.3 is 0 Å². The number of aliphatic hydroxyl groups is 1. The monoisotopic (exact) mass is 345 g/mol. The fourth-order valence-electron chi connectivity index (χ4n) is 5.68. The Morgan fingerprint density at radius 3 is 2.44 bits per heavy atom. The van der Waals surface area contributed by atoms with Gasteiger partial charge in [-0.3, -0.25) is 9.59 Å². The lowest BCUT2D eigenvalue weighted by atomic mass is 9.49. The number of carbonyl (C=O) groups excluding carboxylic acids is 1. The summed E-state index contributed by atoms with van der Waals surface area (Å²) in [6.07, 6.45) is 8.75. The van der Waals surface area contributed by atoms with Crippen LogP contribution in [0.1, 0.15) is 68.1 Å². The van der Waals surface area contributed by atoms with Crippen molar-refractivity contribution in [2.45, 2.75) is 63.4 Å². The Labute approximate surface area is 147 Å². The van der Waals surface area contributed by atoms with Crippen LogP contribution in [0.5, 0.6) is 0 Å². The zero-order valence-corrected chi connectivity index (χ0v) is 14.8. The molecule has 1 aromatic rings. The molecule has 1 atom stereocenters. The van der Waals surface area contributed by atoms with Crippen molar-refractivity contribution in [2.24, 2.45) is 17.8 Å². The molecule has 0 spiro atoms. The van der Waals surface area contributed by atoms with E-state index in [1.165, 1.54) is 25.5 Å². The molecule has 0 aliphatic heterocycles. The highest BCUT2D eigenvalue weighted by molar-refractivity contribution is 5.93. The molecule has 5 rings (SSSR count). The van der Waals surface area contributed by atoms with Crippen molar-refractivity contribution in [1.82, 2.24) is 15.3 Å². The van der Waals surface area contributed by atoms with Gasteiger partial charge in [0.1, 0.15) is 11.4 Å². The lowest BCUT2D eigenvalue weighted by molar-refractivity contribution is -0.00953. The zero-order valence-electron chi connectivity index (χ0n) is 14.8. The van der Waals surface area contributed by atoms with Crippen LogP contribution in [-0.2, 0) is 5.41 Å². The number of carbonyl (C=O) groups is 1. The molecule has 0 saturated heterocycles. The Bertz CT molecular complexity index is 692. The molecular weight excluding hydrogens is 318 g/mol. The van der Waals surface area contributed by atoms with Gasteiger partial charge in [0.2, 0.25) is 0 Å². The summed E-state index contributed by atoms with van der Waals surface area (Å²) in [5, 5.41) is 12.1. The molecule has 4 bridgehead atoms. The molecule has 1 aromatic heterocycles. The van der Waals surface area contributed by atoms with Gasteiger partial charge < -0.3 is 15.4 Å². The standard InChI is InChI=1S/C19H27N3O3/c1-2-14(23)9-20-16(24)15-10-21-18(22-17(15)25)19-6-11-3-12(7-19)5-13(4-11)8-19/h10-14,23H,2-9H2,1H3,(H,20,24)(H,21,22,25). The third-order valence-electron chi connectivity index (χ3n) is 6.55. The number of hydrogen-bond acceptors (Lipinski definition) is 4. The van der Waals surface area contributed by atoms with E-state index in [-0.39, 0.29) is 23.1 Å². The number of aromatic amines is 1. The summed E-state index contributed by atoms with van der Waals surface area (Å²) in [5.74, 6) is 2.63. The van der Waals surface area contributed by atoms with E-state index >= 15 is 0 Å². The Hall–Kier alpha value is -1.69. The van der Waals surface area contributed by atoms with Crippen molar-refractivity contribution < 1.29 is 9.90 Å². The molecule has 25 heavy (non-hydrogen) atoms. The van der Waals surface area contributed by atoms with Crippen LogP contribution in [0.15, 0.2) is 11.0 Å². The Morgan fingerprint density at radius 1 is 1.32 bits per heavy atom. The van der Waals surface area contributed by atoms with Crippen LogP contribution >= 0.6 is 0 Å². The van der Waals surface area contributed by atoms with Crippen molar-refractivity contribution in [2.75, 3.05) is 6.54 Å². The van der Waals surface area contributed by atoms with Gasteiger partial charge in [-0.15, -0.1) is 0 Å². The smallest absolute Gasteiger partial charge is 0.263 e. The molecule has 4 aliphatic rings.